The summed E-state index contributed by atoms with van der Waals surface area (Å²) in [6.45, 7) is 16.3. The van der Waals surface area contributed by atoms with Gasteiger partial charge in [-0.25, -0.2) is 4.98 Å². The van der Waals surface area contributed by atoms with Gasteiger partial charge in [-0.15, -0.1) is 21.5 Å². The van der Waals surface area contributed by atoms with Crippen molar-refractivity contribution in [2.45, 2.75) is 83.9 Å². The van der Waals surface area contributed by atoms with Crippen molar-refractivity contribution in [3.05, 3.63) is 46.2 Å². The predicted molar refractivity (Wildman–Crippen MR) is 136 cm³/mol. The molecule has 0 aliphatic carbocycles. The molecule has 2 aromatic heterocycles. The molecule has 2 unspecified atom stereocenters. The summed E-state index contributed by atoms with van der Waals surface area (Å²) in [6, 6.07) is 8.28. The maximum absolute atomic E-state index is 12.7. The molecule has 0 radical (unpaired) electrons. The van der Waals surface area contributed by atoms with Gasteiger partial charge in [-0.3, -0.25) is 4.79 Å². The van der Waals surface area contributed by atoms with Crippen LogP contribution in [0, 0.1) is 13.8 Å². The zero-order valence-corrected chi connectivity index (χ0v) is 22.2. The average molecular weight is 488 g/mol. The van der Waals surface area contributed by atoms with E-state index in [-0.39, 0.29) is 23.3 Å². The lowest BCUT2D eigenvalue weighted by Gasteiger charge is -2.20. The van der Waals surface area contributed by atoms with Gasteiger partial charge < -0.3 is 14.6 Å². The highest BCUT2D eigenvalue weighted by Gasteiger charge is 2.25. The Kier molecular flexibility index (Phi) is 8.18. The smallest absolute Gasteiger partial charge is 0.239 e. The first-order valence-electron chi connectivity index (χ1n) is 11.2. The van der Waals surface area contributed by atoms with Crippen LogP contribution in [0.15, 0.2) is 29.4 Å². The minimum absolute atomic E-state index is 0.108. The number of rotatable bonds is 9. The van der Waals surface area contributed by atoms with Crippen molar-refractivity contribution in [3.63, 3.8) is 0 Å². The Labute approximate surface area is 204 Å². The Balaban J connectivity index is 1.72. The normalized spacial score (nSPS) is 13.4. The second-order valence-corrected chi connectivity index (χ2v) is 11.2. The van der Waals surface area contributed by atoms with Crippen LogP contribution in [0.25, 0.3) is 0 Å². The lowest BCUT2D eigenvalue weighted by Crippen LogP contribution is -2.23. The fourth-order valence-electron chi connectivity index (χ4n) is 3.26. The number of thiazole rings is 1. The number of aromatic nitrogens is 4. The standard InChI is InChI=1S/C24H33N5O2S2/c1-13(2)19-9-11-20(12-10-19)31-16(6)21-27-28-24(29(21)14(3)4)33-18(8)22(30)26-23-25-15(5)17(7)32-23/h9-14,16,18H,1-8H3,(H,25,26,30). The van der Waals surface area contributed by atoms with Gasteiger partial charge in [0.25, 0.3) is 0 Å². The first-order chi connectivity index (χ1) is 15.6. The van der Waals surface area contributed by atoms with E-state index in [1.54, 1.807) is 0 Å². The van der Waals surface area contributed by atoms with Crippen molar-refractivity contribution in [2.24, 2.45) is 0 Å². The van der Waals surface area contributed by atoms with Crippen LogP contribution in [0.2, 0.25) is 0 Å². The van der Waals surface area contributed by atoms with E-state index in [0.717, 1.165) is 22.1 Å². The highest BCUT2D eigenvalue weighted by molar-refractivity contribution is 8.00. The minimum Gasteiger partial charge on any atom is -0.483 e. The van der Waals surface area contributed by atoms with Crippen molar-refractivity contribution in [3.8, 4) is 5.75 Å². The number of benzene rings is 1. The Morgan fingerprint density at radius 3 is 2.27 bits per heavy atom. The molecule has 7 nitrogen and oxygen atoms in total. The van der Waals surface area contributed by atoms with E-state index in [2.05, 4.69) is 60.3 Å². The van der Waals surface area contributed by atoms with E-state index < -0.39 is 0 Å². The first-order valence-corrected chi connectivity index (χ1v) is 12.9. The van der Waals surface area contributed by atoms with Gasteiger partial charge in [0, 0.05) is 10.9 Å². The minimum atomic E-state index is -0.358. The molecule has 0 aliphatic rings. The monoisotopic (exact) mass is 487 g/mol. The van der Waals surface area contributed by atoms with E-state index in [0.29, 0.717) is 16.2 Å². The van der Waals surface area contributed by atoms with Crippen LogP contribution < -0.4 is 10.1 Å². The number of nitrogens with zero attached hydrogens (tertiary/aromatic N) is 4. The molecule has 1 amide bonds. The molecule has 0 bridgehead atoms. The van der Waals surface area contributed by atoms with Crippen molar-refractivity contribution in [1.82, 2.24) is 19.7 Å². The number of carbonyl (C=O) groups excluding carboxylic acids is 1. The van der Waals surface area contributed by atoms with Gasteiger partial charge in [-0.2, -0.15) is 0 Å². The summed E-state index contributed by atoms with van der Waals surface area (Å²) in [5.74, 6) is 1.89. The Bertz CT molecular complexity index is 1070. The summed E-state index contributed by atoms with van der Waals surface area (Å²) in [6.07, 6.45) is -0.287. The third kappa shape index (κ3) is 6.14. The second kappa shape index (κ2) is 10.7. The van der Waals surface area contributed by atoms with E-state index in [1.807, 2.05) is 44.4 Å². The number of hydrogen-bond donors (Lipinski definition) is 1. The largest absolute Gasteiger partial charge is 0.483 e. The zero-order valence-electron chi connectivity index (χ0n) is 20.5. The second-order valence-electron chi connectivity index (χ2n) is 8.70. The Morgan fingerprint density at radius 2 is 1.73 bits per heavy atom. The molecular formula is C24H33N5O2S2. The summed E-state index contributed by atoms with van der Waals surface area (Å²) in [5, 5.41) is 12.7. The van der Waals surface area contributed by atoms with Crippen LogP contribution in [0.5, 0.6) is 5.75 Å². The number of nitrogens with one attached hydrogen (secondary N) is 1. The topological polar surface area (TPSA) is 81.9 Å². The molecule has 0 saturated carbocycles. The van der Waals surface area contributed by atoms with E-state index in [1.165, 1.54) is 28.7 Å². The molecule has 9 heteroatoms. The zero-order chi connectivity index (χ0) is 24.3. The van der Waals surface area contributed by atoms with Crippen LogP contribution in [-0.2, 0) is 4.79 Å². The van der Waals surface area contributed by atoms with Gasteiger partial charge >= 0.3 is 0 Å². The van der Waals surface area contributed by atoms with E-state index >= 15 is 0 Å². The summed E-state index contributed by atoms with van der Waals surface area (Å²) >= 11 is 2.87. The molecule has 0 fully saturated rings. The third-order valence-electron chi connectivity index (χ3n) is 5.34. The molecule has 3 aromatic rings. The number of aryl methyl sites for hydroxylation is 2. The van der Waals surface area contributed by atoms with Crippen LogP contribution in [0.3, 0.4) is 0 Å². The van der Waals surface area contributed by atoms with Crippen molar-refractivity contribution >= 4 is 34.1 Å². The molecule has 0 saturated heterocycles. The highest BCUT2D eigenvalue weighted by Crippen LogP contribution is 2.31. The number of carbonyl (C=O) groups is 1. The van der Waals surface area contributed by atoms with Crippen LogP contribution in [-0.4, -0.2) is 30.9 Å². The van der Waals surface area contributed by atoms with Gasteiger partial charge in [-0.05, 0) is 65.2 Å². The molecule has 3 rings (SSSR count). The maximum Gasteiger partial charge on any atom is 0.239 e. The van der Waals surface area contributed by atoms with Crippen LogP contribution in [0.4, 0.5) is 5.13 Å². The number of amides is 1. The highest BCUT2D eigenvalue weighted by atomic mass is 32.2. The lowest BCUT2D eigenvalue weighted by molar-refractivity contribution is -0.115. The predicted octanol–water partition coefficient (Wildman–Crippen LogP) is 6.32. The molecule has 0 aliphatic heterocycles. The molecular weight excluding hydrogens is 454 g/mol. The third-order valence-corrected chi connectivity index (χ3v) is 7.39. The van der Waals surface area contributed by atoms with Crippen molar-refractivity contribution in [1.29, 1.82) is 0 Å². The number of ether oxygens (including phenoxy) is 1. The Morgan fingerprint density at radius 1 is 1.06 bits per heavy atom. The van der Waals surface area contributed by atoms with E-state index in [9.17, 15) is 4.79 Å². The molecule has 1 N–H and O–H groups in total. The van der Waals surface area contributed by atoms with Gasteiger partial charge in [0.2, 0.25) is 5.91 Å². The van der Waals surface area contributed by atoms with Crippen molar-refractivity contribution < 1.29 is 9.53 Å². The van der Waals surface area contributed by atoms with Gasteiger partial charge in [0.1, 0.15) is 5.75 Å². The summed E-state index contributed by atoms with van der Waals surface area (Å²) in [7, 11) is 0. The fraction of sp³-hybridized carbons (Fsp3) is 0.500. The average Bonchev–Trinajstić information content (AvgIpc) is 3.31. The number of anilines is 1. The maximum atomic E-state index is 12.7. The number of hydrogen-bond acceptors (Lipinski definition) is 7. The fourth-order valence-corrected chi connectivity index (χ4v) is 5.07. The van der Waals surface area contributed by atoms with Crippen molar-refractivity contribution in [2.75, 3.05) is 5.32 Å². The van der Waals surface area contributed by atoms with Crippen LogP contribution >= 0.6 is 23.1 Å². The van der Waals surface area contributed by atoms with Gasteiger partial charge in [-0.1, -0.05) is 37.7 Å². The number of thioether (sulfide) groups is 1. The Hall–Kier alpha value is -2.39. The summed E-state index contributed by atoms with van der Waals surface area (Å²) in [5.41, 5.74) is 2.21. The molecule has 33 heavy (non-hydrogen) atoms. The molecule has 0 spiro atoms. The quantitative estimate of drug-likeness (QED) is 0.356. The summed E-state index contributed by atoms with van der Waals surface area (Å²) < 4.78 is 8.21. The lowest BCUT2D eigenvalue weighted by atomic mass is 10.0. The molecule has 1 aromatic carbocycles. The van der Waals surface area contributed by atoms with Gasteiger partial charge in [0.15, 0.2) is 22.2 Å². The van der Waals surface area contributed by atoms with Crippen LogP contribution in [0.1, 0.15) is 81.6 Å². The van der Waals surface area contributed by atoms with Gasteiger partial charge in [0.05, 0.1) is 10.9 Å². The van der Waals surface area contributed by atoms with E-state index in [4.69, 9.17) is 4.74 Å². The molecule has 2 atom stereocenters. The first kappa shape index (κ1) is 25.2. The summed E-state index contributed by atoms with van der Waals surface area (Å²) in [4.78, 5) is 18.2. The molecule has 178 valence electrons. The SMILES string of the molecule is Cc1nc(NC(=O)C(C)Sc2nnc(C(C)Oc3ccc(C(C)C)cc3)n2C(C)C)sc1C. The molecule has 2 heterocycles.